The number of thiophene rings is 1. The van der Waals surface area contributed by atoms with Crippen LogP contribution in [0.1, 0.15) is 40.5 Å². The van der Waals surface area contributed by atoms with Crippen molar-refractivity contribution in [2.75, 3.05) is 7.11 Å². The van der Waals surface area contributed by atoms with Crippen LogP contribution in [0, 0.1) is 0 Å². The SMILES string of the molecule is COc1csc(C(O)c2ccc3c(c2)CCCC3)c1. The molecule has 0 amide bonds. The highest BCUT2D eigenvalue weighted by molar-refractivity contribution is 7.10. The van der Waals surface area contributed by atoms with Crippen molar-refractivity contribution >= 4 is 11.3 Å². The van der Waals surface area contributed by atoms with Crippen LogP contribution < -0.4 is 4.74 Å². The minimum absolute atomic E-state index is 0.541. The molecule has 19 heavy (non-hydrogen) atoms. The molecule has 1 aromatic heterocycles. The molecule has 0 saturated carbocycles. The highest BCUT2D eigenvalue weighted by Crippen LogP contribution is 2.32. The van der Waals surface area contributed by atoms with E-state index in [2.05, 4.69) is 18.2 Å². The van der Waals surface area contributed by atoms with Crippen LogP contribution in [-0.4, -0.2) is 12.2 Å². The quantitative estimate of drug-likeness (QED) is 0.924. The fraction of sp³-hybridized carbons (Fsp3) is 0.375. The number of aliphatic hydroxyl groups excluding tert-OH is 1. The van der Waals surface area contributed by atoms with Gasteiger partial charge in [0.2, 0.25) is 0 Å². The first-order valence-electron chi connectivity index (χ1n) is 6.70. The first kappa shape index (κ1) is 12.7. The number of aryl methyl sites for hydroxylation is 2. The maximum absolute atomic E-state index is 10.5. The number of hydrogen-bond donors (Lipinski definition) is 1. The van der Waals surface area contributed by atoms with Gasteiger partial charge in [-0.3, -0.25) is 0 Å². The summed E-state index contributed by atoms with van der Waals surface area (Å²) >= 11 is 1.54. The molecule has 1 aliphatic rings. The van der Waals surface area contributed by atoms with Gasteiger partial charge in [-0.05, 0) is 48.4 Å². The van der Waals surface area contributed by atoms with Crippen LogP contribution in [0.4, 0.5) is 0 Å². The Balaban J connectivity index is 1.88. The van der Waals surface area contributed by atoms with E-state index in [-0.39, 0.29) is 0 Å². The predicted octanol–water partition coefficient (Wildman–Crippen LogP) is 3.72. The van der Waals surface area contributed by atoms with Gasteiger partial charge in [0, 0.05) is 10.3 Å². The predicted molar refractivity (Wildman–Crippen MR) is 78.0 cm³/mol. The lowest BCUT2D eigenvalue weighted by molar-refractivity contribution is 0.223. The largest absolute Gasteiger partial charge is 0.496 e. The molecule has 3 heteroatoms. The van der Waals surface area contributed by atoms with E-state index in [1.807, 2.05) is 11.4 Å². The summed E-state index contributed by atoms with van der Waals surface area (Å²) in [6.07, 6.45) is 4.33. The second kappa shape index (κ2) is 5.35. The maximum Gasteiger partial charge on any atom is 0.129 e. The van der Waals surface area contributed by atoms with Gasteiger partial charge >= 0.3 is 0 Å². The Kier molecular flexibility index (Phi) is 3.58. The molecule has 100 valence electrons. The summed E-state index contributed by atoms with van der Waals surface area (Å²) in [6, 6.07) is 8.32. The molecular formula is C16H18O2S. The second-order valence-corrected chi connectivity index (χ2v) is 5.97. The molecule has 1 aliphatic carbocycles. The molecule has 0 bridgehead atoms. The molecule has 2 aromatic rings. The summed E-state index contributed by atoms with van der Waals surface area (Å²) in [4.78, 5) is 0.938. The van der Waals surface area contributed by atoms with Gasteiger partial charge in [0.05, 0.1) is 7.11 Å². The van der Waals surface area contributed by atoms with E-state index in [0.717, 1.165) is 22.6 Å². The van der Waals surface area contributed by atoms with Crippen molar-refractivity contribution in [1.29, 1.82) is 0 Å². The van der Waals surface area contributed by atoms with Crippen LogP contribution in [0.25, 0.3) is 0 Å². The summed E-state index contributed by atoms with van der Waals surface area (Å²) in [5, 5.41) is 12.4. The van der Waals surface area contributed by atoms with Crippen molar-refractivity contribution in [2.45, 2.75) is 31.8 Å². The molecule has 1 N–H and O–H groups in total. The van der Waals surface area contributed by atoms with Gasteiger partial charge in [0.25, 0.3) is 0 Å². The van der Waals surface area contributed by atoms with E-state index in [1.165, 1.54) is 41.7 Å². The van der Waals surface area contributed by atoms with E-state index >= 15 is 0 Å². The zero-order valence-electron chi connectivity index (χ0n) is 11.1. The van der Waals surface area contributed by atoms with Gasteiger partial charge in [0.15, 0.2) is 0 Å². The van der Waals surface area contributed by atoms with E-state index in [0.29, 0.717) is 0 Å². The number of hydrogen-bond acceptors (Lipinski definition) is 3. The lowest BCUT2D eigenvalue weighted by Gasteiger charge is -2.18. The van der Waals surface area contributed by atoms with Gasteiger partial charge in [-0.25, -0.2) is 0 Å². The average Bonchev–Trinajstić information content (AvgIpc) is 2.95. The summed E-state index contributed by atoms with van der Waals surface area (Å²) < 4.78 is 5.17. The number of benzene rings is 1. The van der Waals surface area contributed by atoms with Crippen LogP contribution in [0.15, 0.2) is 29.6 Å². The molecule has 0 radical (unpaired) electrons. The molecule has 1 aromatic carbocycles. The number of aliphatic hydroxyl groups is 1. The summed E-state index contributed by atoms with van der Waals surface area (Å²) in [5.74, 6) is 0.817. The Bertz CT molecular complexity index is 574. The van der Waals surface area contributed by atoms with Crippen LogP contribution in [0.3, 0.4) is 0 Å². The molecule has 0 saturated heterocycles. The molecule has 1 atom stereocenters. The lowest BCUT2D eigenvalue weighted by atomic mass is 9.89. The average molecular weight is 274 g/mol. The van der Waals surface area contributed by atoms with Gasteiger partial charge in [-0.1, -0.05) is 18.2 Å². The van der Waals surface area contributed by atoms with Crippen LogP contribution >= 0.6 is 11.3 Å². The number of rotatable bonds is 3. The fourth-order valence-corrected chi connectivity index (χ4v) is 3.54. The van der Waals surface area contributed by atoms with Crippen molar-refractivity contribution in [3.05, 3.63) is 51.2 Å². The van der Waals surface area contributed by atoms with Gasteiger partial charge in [0.1, 0.15) is 11.9 Å². The molecule has 3 rings (SSSR count). The van der Waals surface area contributed by atoms with Crippen molar-refractivity contribution in [2.24, 2.45) is 0 Å². The van der Waals surface area contributed by atoms with Crippen molar-refractivity contribution < 1.29 is 9.84 Å². The summed E-state index contributed by atoms with van der Waals surface area (Å²) in [5.41, 5.74) is 3.85. The molecule has 2 nitrogen and oxygen atoms in total. The molecule has 1 heterocycles. The van der Waals surface area contributed by atoms with Crippen molar-refractivity contribution in [3.8, 4) is 5.75 Å². The zero-order valence-corrected chi connectivity index (χ0v) is 11.9. The standard InChI is InChI=1S/C16H18O2S/c1-18-14-9-15(19-10-14)16(17)13-7-6-11-4-2-3-5-12(11)8-13/h6-10,16-17H,2-5H2,1H3. The maximum atomic E-state index is 10.5. The first-order valence-corrected chi connectivity index (χ1v) is 7.58. The van der Waals surface area contributed by atoms with Crippen molar-refractivity contribution in [3.63, 3.8) is 0 Å². The first-order chi connectivity index (χ1) is 9.28. The normalized spacial score (nSPS) is 15.9. The summed E-state index contributed by atoms with van der Waals surface area (Å²) in [7, 11) is 1.65. The Morgan fingerprint density at radius 2 is 1.95 bits per heavy atom. The minimum atomic E-state index is -0.541. The second-order valence-electron chi connectivity index (χ2n) is 5.03. The van der Waals surface area contributed by atoms with Crippen LogP contribution in [0.2, 0.25) is 0 Å². The molecule has 0 fully saturated rings. The van der Waals surface area contributed by atoms with Crippen molar-refractivity contribution in [1.82, 2.24) is 0 Å². The third kappa shape index (κ3) is 2.53. The topological polar surface area (TPSA) is 29.5 Å². The highest BCUT2D eigenvalue weighted by Gasteiger charge is 2.16. The zero-order chi connectivity index (χ0) is 13.2. The Morgan fingerprint density at radius 3 is 2.68 bits per heavy atom. The molecule has 1 unspecified atom stereocenters. The van der Waals surface area contributed by atoms with Gasteiger partial charge in [-0.2, -0.15) is 0 Å². The van der Waals surface area contributed by atoms with Gasteiger partial charge < -0.3 is 9.84 Å². The van der Waals surface area contributed by atoms with Crippen LogP contribution in [0.5, 0.6) is 5.75 Å². The Hall–Kier alpha value is -1.32. The van der Waals surface area contributed by atoms with E-state index in [1.54, 1.807) is 7.11 Å². The minimum Gasteiger partial charge on any atom is -0.496 e. The van der Waals surface area contributed by atoms with E-state index in [9.17, 15) is 5.11 Å². The highest BCUT2D eigenvalue weighted by atomic mass is 32.1. The number of methoxy groups -OCH3 is 1. The monoisotopic (exact) mass is 274 g/mol. The van der Waals surface area contributed by atoms with E-state index in [4.69, 9.17) is 4.74 Å². The smallest absolute Gasteiger partial charge is 0.129 e. The van der Waals surface area contributed by atoms with Crippen LogP contribution in [-0.2, 0) is 12.8 Å². The number of fused-ring (bicyclic) bond motifs is 1. The molecule has 0 aliphatic heterocycles. The third-order valence-electron chi connectivity index (χ3n) is 3.79. The van der Waals surface area contributed by atoms with Gasteiger partial charge in [-0.15, -0.1) is 11.3 Å². The fourth-order valence-electron chi connectivity index (χ4n) is 2.67. The Labute approximate surface area is 117 Å². The third-order valence-corrected chi connectivity index (χ3v) is 4.75. The lowest BCUT2D eigenvalue weighted by Crippen LogP contribution is -2.05. The summed E-state index contributed by atoms with van der Waals surface area (Å²) in [6.45, 7) is 0. The number of ether oxygens (including phenoxy) is 1. The van der Waals surface area contributed by atoms with E-state index < -0.39 is 6.10 Å². The molecular weight excluding hydrogens is 256 g/mol. The Morgan fingerprint density at radius 1 is 1.16 bits per heavy atom. The molecule has 0 spiro atoms.